The number of carbonyl (C=O) groups is 1. The van der Waals surface area contributed by atoms with Crippen molar-refractivity contribution in [3.05, 3.63) is 41.6 Å². The molecule has 0 radical (unpaired) electrons. The third-order valence-electron chi connectivity index (χ3n) is 3.71. The summed E-state index contributed by atoms with van der Waals surface area (Å²) >= 11 is 0. The first-order chi connectivity index (χ1) is 9.70. The molecule has 1 fully saturated rings. The fraction of sp³-hybridized carbons (Fsp3) is 0.312. The Labute approximate surface area is 117 Å². The number of rotatable bonds is 5. The number of aliphatic hydroxyl groups excluding tert-OH is 1. The van der Waals surface area contributed by atoms with Crippen LogP contribution in [0.1, 0.15) is 28.9 Å². The molecule has 1 aliphatic rings. The number of aromatic nitrogens is 1. The number of aliphatic hydroxyl groups is 1. The second-order valence-electron chi connectivity index (χ2n) is 5.26. The molecule has 0 atom stereocenters. The van der Waals surface area contributed by atoms with Gasteiger partial charge in [0.25, 0.3) is 0 Å². The molecule has 0 amide bonds. The Morgan fingerprint density at radius 1 is 1.40 bits per heavy atom. The second kappa shape index (κ2) is 5.13. The van der Waals surface area contributed by atoms with Gasteiger partial charge in [0.1, 0.15) is 5.69 Å². The predicted octanol–water partition coefficient (Wildman–Crippen LogP) is 2.76. The number of aromatic carboxylic acids is 1. The van der Waals surface area contributed by atoms with Crippen LogP contribution in [-0.2, 0) is 6.54 Å². The minimum atomic E-state index is -0.890. The highest BCUT2D eigenvalue weighted by atomic mass is 16.4. The van der Waals surface area contributed by atoms with Crippen LogP contribution in [0.2, 0.25) is 0 Å². The van der Waals surface area contributed by atoms with Crippen LogP contribution >= 0.6 is 0 Å². The van der Waals surface area contributed by atoms with Crippen LogP contribution in [0, 0.1) is 5.92 Å². The largest absolute Gasteiger partial charge is 0.477 e. The van der Waals surface area contributed by atoms with E-state index in [-0.39, 0.29) is 6.61 Å². The maximum atomic E-state index is 11.4. The normalized spacial score (nSPS) is 15.2. The first-order valence-electron chi connectivity index (χ1n) is 6.83. The molecule has 4 heteroatoms. The van der Waals surface area contributed by atoms with Crippen molar-refractivity contribution in [3.63, 3.8) is 0 Å². The van der Waals surface area contributed by atoms with Gasteiger partial charge in [-0.15, -0.1) is 0 Å². The number of fused-ring (bicyclic) bond motifs is 1. The number of benzene rings is 1. The number of nitrogens with zero attached hydrogens (tertiary/aromatic N) is 1. The van der Waals surface area contributed by atoms with Gasteiger partial charge < -0.3 is 14.8 Å². The molecular weight excluding hydrogens is 254 g/mol. The minimum absolute atomic E-state index is 0.0223. The highest BCUT2D eigenvalue weighted by molar-refractivity contribution is 5.97. The average Bonchev–Trinajstić information content (AvgIpc) is 3.16. The summed E-state index contributed by atoms with van der Waals surface area (Å²) in [5.41, 5.74) is 2.24. The lowest BCUT2D eigenvalue weighted by Crippen LogP contribution is -2.10. The van der Waals surface area contributed by atoms with E-state index < -0.39 is 5.97 Å². The van der Waals surface area contributed by atoms with E-state index in [4.69, 9.17) is 5.11 Å². The Kier molecular flexibility index (Phi) is 3.32. The number of carboxylic acid groups (broad SMARTS) is 1. The molecule has 20 heavy (non-hydrogen) atoms. The monoisotopic (exact) mass is 271 g/mol. The number of carboxylic acids is 1. The molecule has 0 bridgehead atoms. The van der Waals surface area contributed by atoms with Crippen molar-refractivity contribution in [3.8, 4) is 0 Å². The molecule has 3 rings (SSSR count). The zero-order chi connectivity index (χ0) is 14.1. The van der Waals surface area contributed by atoms with Gasteiger partial charge in [0.15, 0.2) is 0 Å². The zero-order valence-corrected chi connectivity index (χ0v) is 11.1. The molecule has 0 unspecified atom stereocenters. The standard InChI is InChI=1S/C16H17NO3/c18-8-2-5-12-3-1-4-13-9-14(16(19)20)17(15(12)13)10-11-6-7-11/h1-5,9,11,18H,6-8,10H2,(H,19,20)/b5-2+. The SMILES string of the molecule is O=C(O)c1cc2cccc(/C=C/CO)c2n1CC1CC1. The van der Waals surface area contributed by atoms with Gasteiger partial charge >= 0.3 is 5.97 Å². The summed E-state index contributed by atoms with van der Waals surface area (Å²) < 4.78 is 1.91. The van der Waals surface area contributed by atoms with Crippen molar-refractivity contribution in [2.45, 2.75) is 19.4 Å². The first-order valence-corrected chi connectivity index (χ1v) is 6.83. The Balaban J connectivity index is 2.19. The van der Waals surface area contributed by atoms with Crippen molar-refractivity contribution in [2.75, 3.05) is 6.61 Å². The van der Waals surface area contributed by atoms with E-state index in [0.29, 0.717) is 11.6 Å². The Morgan fingerprint density at radius 2 is 2.20 bits per heavy atom. The molecular formula is C16H17NO3. The van der Waals surface area contributed by atoms with E-state index in [1.807, 2.05) is 28.8 Å². The highest BCUT2D eigenvalue weighted by Gasteiger charge is 2.25. The van der Waals surface area contributed by atoms with E-state index in [1.54, 1.807) is 12.1 Å². The van der Waals surface area contributed by atoms with Crippen molar-refractivity contribution >= 4 is 22.9 Å². The summed E-state index contributed by atoms with van der Waals surface area (Å²) in [6.07, 6.45) is 5.86. The molecule has 104 valence electrons. The molecule has 0 aliphatic heterocycles. The quantitative estimate of drug-likeness (QED) is 0.879. The summed E-state index contributed by atoms with van der Waals surface area (Å²) in [6, 6.07) is 7.52. The summed E-state index contributed by atoms with van der Waals surface area (Å²) in [5, 5.41) is 19.3. The molecule has 1 heterocycles. The van der Waals surface area contributed by atoms with Crippen LogP contribution in [0.3, 0.4) is 0 Å². The lowest BCUT2D eigenvalue weighted by molar-refractivity contribution is 0.0685. The summed E-state index contributed by atoms with van der Waals surface area (Å²) in [4.78, 5) is 11.4. The predicted molar refractivity (Wildman–Crippen MR) is 77.7 cm³/mol. The van der Waals surface area contributed by atoms with Gasteiger partial charge in [-0.05, 0) is 30.4 Å². The van der Waals surface area contributed by atoms with E-state index in [2.05, 4.69) is 0 Å². The van der Waals surface area contributed by atoms with Crippen molar-refractivity contribution in [2.24, 2.45) is 5.92 Å². The molecule has 2 N–H and O–H groups in total. The molecule has 1 aromatic heterocycles. The number of hydrogen-bond acceptors (Lipinski definition) is 2. The van der Waals surface area contributed by atoms with E-state index in [0.717, 1.165) is 23.0 Å². The third kappa shape index (κ3) is 2.34. The van der Waals surface area contributed by atoms with Gasteiger partial charge in [-0.25, -0.2) is 4.79 Å². The lowest BCUT2D eigenvalue weighted by atomic mass is 10.1. The van der Waals surface area contributed by atoms with Gasteiger partial charge in [0.2, 0.25) is 0 Å². The van der Waals surface area contributed by atoms with Crippen molar-refractivity contribution < 1.29 is 15.0 Å². The highest BCUT2D eigenvalue weighted by Crippen LogP contribution is 2.34. The van der Waals surface area contributed by atoms with Crippen LogP contribution in [0.25, 0.3) is 17.0 Å². The molecule has 1 aromatic carbocycles. The van der Waals surface area contributed by atoms with Gasteiger partial charge in [-0.2, -0.15) is 0 Å². The first kappa shape index (κ1) is 12.9. The smallest absolute Gasteiger partial charge is 0.352 e. The number of hydrogen-bond donors (Lipinski definition) is 2. The molecule has 1 saturated carbocycles. The van der Waals surface area contributed by atoms with Crippen molar-refractivity contribution in [1.82, 2.24) is 4.57 Å². The Bertz CT molecular complexity index is 680. The van der Waals surface area contributed by atoms with Crippen molar-refractivity contribution in [1.29, 1.82) is 0 Å². The lowest BCUT2D eigenvalue weighted by Gasteiger charge is -2.09. The van der Waals surface area contributed by atoms with E-state index in [9.17, 15) is 9.90 Å². The fourth-order valence-corrected chi connectivity index (χ4v) is 2.59. The van der Waals surface area contributed by atoms with Crippen LogP contribution < -0.4 is 0 Å². The van der Waals surface area contributed by atoms with Gasteiger partial charge in [0, 0.05) is 11.9 Å². The maximum absolute atomic E-state index is 11.4. The molecule has 2 aromatic rings. The fourth-order valence-electron chi connectivity index (χ4n) is 2.59. The molecule has 0 saturated heterocycles. The summed E-state index contributed by atoms with van der Waals surface area (Å²) in [7, 11) is 0. The van der Waals surface area contributed by atoms with Gasteiger partial charge in [-0.3, -0.25) is 0 Å². The van der Waals surface area contributed by atoms with E-state index in [1.165, 1.54) is 12.8 Å². The van der Waals surface area contributed by atoms with Crippen LogP contribution in [0.4, 0.5) is 0 Å². The number of para-hydroxylation sites is 1. The topological polar surface area (TPSA) is 62.5 Å². The Morgan fingerprint density at radius 3 is 2.85 bits per heavy atom. The third-order valence-corrected chi connectivity index (χ3v) is 3.71. The summed E-state index contributed by atoms with van der Waals surface area (Å²) in [6.45, 7) is 0.737. The Hall–Kier alpha value is -2.07. The van der Waals surface area contributed by atoms with Crippen LogP contribution in [-0.4, -0.2) is 27.4 Å². The second-order valence-corrected chi connectivity index (χ2v) is 5.26. The van der Waals surface area contributed by atoms with Crippen LogP contribution in [0.15, 0.2) is 30.3 Å². The average molecular weight is 271 g/mol. The zero-order valence-electron chi connectivity index (χ0n) is 11.1. The van der Waals surface area contributed by atoms with E-state index >= 15 is 0 Å². The summed E-state index contributed by atoms with van der Waals surface area (Å²) in [5.74, 6) is -0.294. The van der Waals surface area contributed by atoms with Crippen LogP contribution in [0.5, 0.6) is 0 Å². The van der Waals surface area contributed by atoms with Gasteiger partial charge in [0.05, 0.1) is 12.1 Å². The molecule has 0 spiro atoms. The molecule has 1 aliphatic carbocycles. The minimum Gasteiger partial charge on any atom is -0.477 e. The molecule has 4 nitrogen and oxygen atoms in total. The van der Waals surface area contributed by atoms with Gasteiger partial charge in [-0.1, -0.05) is 30.4 Å². The maximum Gasteiger partial charge on any atom is 0.352 e.